The minimum absolute atomic E-state index is 0.119. The quantitative estimate of drug-likeness (QED) is 0.492. The normalized spacial score (nSPS) is 16.7. The lowest BCUT2D eigenvalue weighted by Gasteiger charge is -2.34. The molecule has 2 aromatic heterocycles. The summed E-state index contributed by atoms with van der Waals surface area (Å²) in [7, 11) is 0. The van der Waals surface area contributed by atoms with Crippen LogP contribution in [-0.4, -0.2) is 81.6 Å². The number of aryl methyl sites for hydroxylation is 2. The number of carbonyl (C=O) groups excluding carboxylic acids is 1. The number of amides is 1. The summed E-state index contributed by atoms with van der Waals surface area (Å²) in [5, 5.41) is 4.42. The zero-order valence-electron chi connectivity index (χ0n) is 20.0. The van der Waals surface area contributed by atoms with E-state index >= 15 is 0 Å². The molecule has 0 spiro atoms. The molecule has 10 heteroatoms. The average molecular weight is 496 g/mol. The first kappa shape index (κ1) is 23.7. The molecular formula is C25H30ClN7O2. The third-order valence-electron chi connectivity index (χ3n) is 6.63. The van der Waals surface area contributed by atoms with Gasteiger partial charge in [0, 0.05) is 51.3 Å². The van der Waals surface area contributed by atoms with Gasteiger partial charge in [-0.1, -0.05) is 46.6 Å². The van der Waals surface area contributed by atoms with Crippen LogP contribution < -0.4 is 4.90 Å². The second kappa shape index (κ2) is 10.7. The van der Waals surface area contributed by atoms with Crippen molar-refractivity contribution in [3.63, 3.8) is 0 Å². The summed E-state index contributed by atoms with van der Waals surface area (Å²) in [6.45, 7) is 7.73. The molecular weight excluding hydrogens is 466 g/mol. The second-order valence-electron chi connectivity index (χ2n) is 9.18. The van der Waals surface area contributed by atoms with E-state index < -0.39 is 0 Å². The van der Waals surface area contributed by atoms with Crippen molar-refractivity contribution >= 4 is 23.5 Å². The first-order chi connectivity index (χ1) is 17.1. The van der Waals surface area contributed by atoms with Gasteiger partial charge in [0.25, 0.3) is 5.91 Å². The Hall–Kier alpha value is -3.04. The van der Waals surface area contributed by atoms with Crippen LogP contribution in [0.15, 0.2) is 35.0 Å². The molecule has 35 heavy (non-hydrogen) atoms. The van der Waals surface area contributed by atoms with Crippen LogP contribution in [0.3, 0.4) is 0 Å². The summed E-state index contributed by atoms with van der Waals surface area (Å²) >= 11 is 6.30. The van der Waals surface area contributed by atoms with E-state index in [1.807, 2.05) is 29.2 Å². The molecule has 0 radical (unpaired) electrons. The minimum atomic E-state index is -0.119. The molecule has 9 nitrogen and oxygen atoms in total. The predicted octanol–water partition coefficient (Wildman–Crippen LogP) is 3.48. The van der Waals surface area contributed by atoms with E-state index in [0.29, 0.717) is 41.5 Å². The van der Waals surface area contributed by atoms with Gasteiger partial charge in [-0.25, -0.2) is 9.97 Å². The highest BCUT2D eigenvalue weighted by Crippen LogP contribution is 2.22. The van der Waals surface area contributed by atoms with Gasteiger partial charge < -0.3 is 14.3 Å². The van der Waals surface area contributed by atoms with Crippen LogP contribution in [0.4, 0.5) is 5.95 Å². The van der Waals surface area contributed by atoms with Crippen molar-refractivity contribution in [2.75, 3.05) is 50.7 Å². The third-order valence-corrected chi connectivity index (χ3v) is 6.90. The number of hydrogen-bond acceptors (Lipinski definition) is 8. The lowest BCUT2D eigenvalue weighted by Crippen LogP contribution is -2.49. The Morgan fingerprint density at radius 1 is 1.03 bits per heavy atom. The molecule has 2 saturated heterocycles. The van der Waals surface area contributed by atoms with Crippen LogP contribution in [-0.2, 0) is 6.42 Å². The van der Waals surface area contributed by atoms with Crippen molar-refractivity contribution in [3.8, 4) is 11.4 Å². The maximum atomic E-state index is 13.1. The number of benzene rings is 1. The van der Waals surface area contributed by atoms with Gasteiger partial charge in [0.15, 0.2) is 5.69 Å². The van der Waals surface area contributed by atoms with Gasteiger partial charge in [0.2, 0.25) is 17.7 Å². The maximum absolute atomic E-state index is 13.1. The standard InChI is InChI=1S/C25H30ClN7O2/c1-18-6-8-19(9-7-18)23-28-21(35-30-23)5-4-10-31-13-15-32(16-14-31)24(34)22-20(26)17-27-25(29-22)33-11-2-3-12-33/h6-9,17H,2-5,10-16H2,1H3. The van der Waals surface area contributed by atoms with E-state index in [0.717, 1.165) is 64.0 Å². The molecule has 0 unspecified atom stereocenters. The van der Waals surface area contributed by atoms with Gasteiger partial charge in [0.1, 0.15) is 0 Å². The topological polar surface area (TPSA) is 91.5 Å². The summed E-state index contributed by atoms with van der Waals surface area (Å²) in [6, 6.07) is 8.10. The highest BCUT2D eigenvalue weighted by Gasteiger charge is 2.26. The molecule has 0 atom stereocenters. The van der Waals surface area contributed by atoms with E-state index in [-0.39, 0.29) is 5.91 Å². The highest BCUT2D eigenvalue weighted by molar-refractivity contribution is 6.33. The fraction of sp³-hybridized carbons (Fsp3) is 0.480. The van der Waals surface area contributed by atoms with E-state index in [2.05, 4.69) is 36.8 Å². The maximum Gasteiger partial charge on any atom is 0.274 e. The van der Waals surface area contributed by atoms with E-state index in [9.17, 15) is 4.79 Å². The fourth-order valence-electron chi connectivity index (χ4n) is 4.53. The highest BCUT2D eigenvalue weighted by atomic mass is 35.5. The van der Waals surface area contributed by atoms with Crippen LogP contribution in [0.25, 0.3) is 11.4 Å². The minimum Gasteiger partial charge on any atom is -0.341 e. The summed E-state index contributed by atoms with van der Waals surface area (Å²) in [5.41, 5.74) is 2.46. The first-order valence-electron chi connectivity index (χ1n) is 12.3. The van der Waals surface area contributed by atoms with Gasteiger partial charge in [-0.2, -0.15) is 4.98 Å². The fourth-order valence-corrected chi connectivity index (χ4v) is 4.70. The Labute approximate surface area is 210 Å². The predicted molar refractivity (Wildman–Crippen MR) is 134 cm³/mol. The molecule has 4 heterocycles. The molecule has 2 aliphatic rings. The number of halogens is 1. The van der Waals surface area contributed by atoms with Gasteiger partial charge >= 0.3 is 0 Å². The van der Waals surface area contributed by atoms with E-state index in [4.69, 9.17) is 16.1 Å². The van der Waals surface area contributed by atoms with Gasteiger partial charge in [-0.15, -0.1) is 0 Å². The second-order valence-corrected chi connectivity index (χ2v) is 9.58. The van der Waals surface area contributed by atoms with Crippen molar-refractivity contribution in [1.29, 1.82) is 0 Å². The Morgan fingerprint density at radius 3 is 2.51 bits per heavy atom. The molecule has 1 amide bonds. The molecule has 184 valence electrons. The molecule has 0 aliphatic carbocycles. The summed E-state index contributed by atoms with van der Waals surface area (Å²) < 4.78 is 5.43. The van der Waals surface area contributed by atoms with Crippen LogP contribution >= 0.6 is 11.6 Å². The summed E-state index contributed by atoms with van der Waals surface area (Å²) in [4.78, 5) is 32.8. The smallest absolute Gasteiger partial charge is 0.274 e. The Bertz CT molecular complexity index is 1150. The molecule has 0 saturated carbocycles. The number of hydrogen-bond donors (Lipinski definition) is 0. The van der Waals surface area contributed by atoms with Crippen molar-refractivity contribution in [2.45, 2.75) is 32.6 Å². The number of rotatable bonds is 7. The monoisotopic (exact) mass is 495 g/mol. The average Bonchev–Trinajstić information content (AvgIpc) is 3.58. The SMILES string of the molecule is Cc1ccc(-c2noc(CCCN3CCN(C(=O)c4nc(N5CCCC5)ncc4Cl)CC3)n2)cc1. The molecule has 5 rings (SSSR count). The Kier molecular flexibility index (Phi) is 7.24. The van der Waals surface area contributed by atoms with E-state index in [1.54, 1.807) is 6.20 Å². The van der Waals surface area contributed by atoms with Gasteiger partial charge in [-0.05, 0) is 32.7 Å². The molecule has 1 aromatic carbocycles. The molecule has 2 aliphatic heterocycles. The first-order valence-corrected chi connectivity index (χ1v) is 12.6. The van der Waals surface area contributed by atoms with Gasteiger partial charge in [0.05, 0.1) is 11.2 Å². The number of nitrogens with zero attached hydrogens (tertiary/aromatic N) is 7. The van der Waals surface area contributed by atoms with Crippen LogP contribution in [0, 0.1) is 6.92 Å². The van der Waals surface area contributed by atoms with Crippen molar-refractivity contribution in [3.05, 3.63) is 52.6 Å². The third kappa shape index (κ3) is 5.62. The number of anilines is 1. The van der Waals surface area contributed by atoms with Crippen molar-refractivity contribution in [1.82, 2.24) is 29.9 Å². The zero-order chi connectivity index (χ0) is 24.2. The Morgan fingerprint density at radius 2 is 1.77 bits per heavy atom. The van der Waals surface area contributed by atoms with Crippen LogP contribution in [0.2, 0.25) is 5.02 Å². The number of aromatic nitrogens is 4. The molecule has 0 bridgehead atoms. The number of carbonyl (C=O) groups is 1. The van der Waals surface area contributed by atoms with Crippen molar-refractivity contribution < 1.29 is 9.32 Å². The number of piperazine rings is 1. The van der Waals surface area contributed by atoms with Crippen LogP contribution in [0.5, 0.6) is 0 Å². The summed E-state index contributed by atoms with van der Waals surface area (Å²) in [6.07, 6.45) is 5.44. The summed E-state index contributed by atoms with van der Waals surface area (Å²) in [5.74, 6) is 1.76. The lowest BCUT2D eigenvalue weighted by atomic mass is 10.1. The largest absolute Gasteiger partial charge is 0.341 e. The van der Waals surface area contributed by atoms with Crippen molar-refractivity contribution in [2.24, 2.45) is 0 Å². The van der Waals surface area contributed by atoms with Gasteiger partial charge in [-0.3, -0.25) is 9.69 Å². The molecule has 3 aromatic rings. The zero-order valence-corrected chi connectivity index (χ0v) is 20.7. The van der Waals surface area contributed by atoms with Crippen LogP contribution in [0.1, 0.15) is 41.2 Å². The Balaban J connectivity index is 1.09. The van der Waals surface area contributed by atoms with E-state index in [1.165, 1.54) is 5.56 Å². The lowest BCUT2D eigenvalue weighted by molar-refractivity contribution is 0.0630. The molecule has 0 N–H and O–H groups in total. The molecule has 2 fully saturated rings.